The number of methoxy groups -OCH3 is 1. The predicted octanol–water partition coefficient (Wildman–Crippen LogP) is 4.19. The Balaban J connectivity index is 2.08. The fraction of sp³-hybridized carbons (Fsp3) is 0.190. The molecule has 0 amide bonds. The number of ether oxygens (including phenoxy) is 1. The van der Waals surface area contributed by atoms with E-state index in [1.165, 1.54) is 6.21 Å². The highest BCUT2D eigenvalue weighted by Crippen LogP contribution is 2.33. The summed E-state index contributed by atoms with van der Waals surface area (Å²) >= 11 is 5.93. The Labute approximate surface area is 171 Å². The van der Waals surface area contributed by atoms with E-state index < -0.39 is 18.5 Å². The zero-order valence-electron chi connectivity index (χ0n) is 15.8. The van der Waals surface area contributed by atoms with Gasteiger partial charge in [-0.25, -0.2) is 4.79 Å². The first-order chi connectivity index (χ1) is 13.9. The van der Waals surface area contributed by atoms with Gasteiger partial charge in [-0.15, -0.1) is 0 Å². The molecular weight excluding hydrogens is 396 g/mol. The third-order valence-corrected chi connectivity index (χ3v) is 4.69. The predicted molar refractivity (Wildman–Crippen MR) is 110 cm³/mol. The summed E-state index contributed by atoms with van der Waals surface area (Å²) in [6.07, 6.45) is 1.31. The average Bonchev–Trinajstić information content (AvgIpc) is 3.02. The Hall–Kier alpha value is -3.32. The van der Waals surface area contributed by atoms with Gasteiger partial charge in [-0.05, 0) is 55.0 Å². The number of oxime groups is 1. The van der Waals surface area contributed by atoms with Gasteiger partial charge in [0.15, 0.2) is 5.78 Å². The van der Waals surface area contributed by atoms with Crippen molar-refractivity contribution in [1.29, 1.82) is 0 Å². The number of rotatable bonds is 8. The van der Waals surface area contributed by atoms with Crippen LogP contribution in [0, 0.1) is 6.92 Å². The maximum Gasteiger partial charge on any atom is 0.344 e. The number of hydrogen-bond acceptors (Lipinski definition) is 5. The van der Waals surface area contributed by atoms with Crippen LogP contribution in [0.1, 0.15) is 27.5 Å². The molecule has 0 aliphatic carbocycles. The molecule has 29 heavy (non-hydrogen) atoms. The van der Waals surface area contributed by atoms with Crippen molar-refractivity contribution in [2.45, 2.75) is 12.8 Å². The third kappa shape index (κ3) is 4.57. The van der Waals surface area contributed by atoms with Gasteiger partial charge in [-0.1, -0.05) is 16.8 Å². The van der Waals surface area contributed by atoms with Crippen LogP contribution in [0.5, 0.6) is 5.75 Å². The lowest BCUT2D eigenvalue weighted by molar-refractivity contribution is -0.142. The van der Waals surface area contributed by atoms with Gasteiger partial charge in [0.25, 0.3) is 0 Å². The van der Waals surface area contributed by atoms with E-state index in [0.717, 1.165) is 16.6 Å². The topological polar surface area (TPSA) is 101 Å². The quantitative estimate of drug-likeness (QED) is 0.327. The number of H-pyrrole nitrogens is 1. The van der Waals surface area contributed by atoms with Crippen LogP contribution in [0.3, 0.4) is 0 Å². The van der Waals surface area contributed by atoms with E-state index in [1.807, 2.05) is 25.1 Å². The van der Waals surface area contributed by atoms with Crippen molar-refractivity contribution in [3.05, 3.63) is 64.3 Å². The summed E-state index contributed by atoms with van der Waals surface area (Å²) in [5.41, 5.74) is 2.78. The highest BCUT2D eigenvalue weighted by molar-refractivity contribution is 6.30. The smallest absolute Gasteiger partial charge is 0.344 e. The zero-order valence-corrected chi connectivity index (χ0v) is 16.6. The molecule has 8 heteroatoms. The van der Waals surface area contributed by atoms with Crippen molar-refractivity contribution >= 4 is 40.5 Å². The molecule has 0 aliphatic rings. The molecule has 1 unspecified atom stereocenters. The van der Waals surface area contributed by atoms with Gasteiger partial charge in [-0.3, -0.25) is 4.79 Å². The SMILES string of the molecule is COc1ccc2[nH]c(C)c(C(C=NOCC(=O)O)C(=O)c3ccc(Cl)cc3)c2c1. The number of nitrogens with one attached hydrogen (secondary N) is 1. The van der Waals surface area contributed by atoms with Crippen molar-refractivity contribution in [2.75, 3.05) is 13.7 Å². The molecule has 3 aromatic rings. The number of benzene rings is 2. The zero-order chi connectivity index (χ0) is 21.0. The number of aryl methyl sites for hydroxylation is 1. The highest BCUT2D eigenvalue weighted by Gasteiger charge is 2.26. The number of fused-ring (bicyclic) bond motifs is 1. The Kier molecular flexibility index (Phi) is 6.19. The molecule has 0 saturated heterocycles. The van der Waals surface area contributed by atoms with Gasteiger partial charge in [0.05, 0.1) is 19.2 Å². The standard InChI is InChI=1S/C21H19ClN2O5/c1-12-20(16-9-15(28-2)7-8-18(16)24-12)17(10-23-29-11-19(25)26)21(27)13-3-5-14(22)6-4-13/h3-10,17,24H,11H2,1-2H3,(H,25,26). The van der Waals surface area contributed by atoms with Crippen LogP contribution in [0.4, 0.5) is 0 Å². The lowest BCUT2D eigenvalue weighted by Crippen LogP contribution is -2.16. The van der Waals surface area contributed by atoms with Crippen LogP contribution in [0.25, 0.3) is 10.9 Å². The molecule has 0 aliphatic heterocycles. The van der Waals surface area contributed by atoms with Crippen LogP contribution in [-0.2, 0) is 9.63 Å². The first-order valence-electron chi connectivity index (χ1n) is 8.74. The summed E-state index contributed by atoms with van der Waals surface area (Å²) in [7, 11) is 1.57. The molecule has 0 bridgehead atoms. The Morgan fingerprint density at radius 2 is 1.97 bits per heavy atom. The number of hydrogen-bond donors (Lipinski definition) is 2. The van der Waals surface area contributed by atoms with Crippen molar-refractivity contribution < 1.29 is 24.3 Å². The van der Waals surface area contributed by atoms with Gasteiger partial charge in [0, 0.05) is 27.2 Å². The summed E-state index contributed by atoms with van der Waals surface area (Å²) < 4.78 is 5.31. The van der Waals surface area contributed by atoms with Crippen LogP contribution < -0.4 is 4.74 Å². The second-order valence-corrected chi connectivity index (χ2v) is 6.78. The summed E-state index contributed by atoms with van der Waals surface area (Å²) in [6, 6.07) is 12.1. The molecule has 3 rings (SSSR count). The minimum atomic E-state index is -1.16. The van der Waals surface area contributed by atoms with Crippen molar-refractivity contribution in [2.24, 2.45) is 5.16 Å². The lowest BCUT2D eigenvalue weighted by atomic mass is 9.89. The minimum Gasteiger partial charge on any atom is -0.497 e. The number of halogens is 1. The highest BCUT2D eigenvalue weighted by atomic mass is 35.5. The van der Waals surface area contributed by atoms with Crippen LogP contribution in [-0.4, -0.2) is 41.8 Å². The van der Waals surface area contributed by atoms with Crippen molar-refractivity contribution in [3.8, 4) is 5.75 Å². The molecule has 0 saturated carbocycles. The number of nitrogens with zero attached hydrogens (tertiary/aromatic N) is 1. The van der Waals surface area contributed by atoms with Crippen LogP contribution in [0.15, 0.2) is 47.6 Å². The normalized spacial score (nSPS) is 12.2. The summed E-state index contributed by atoms with van der Waals surface area (Å²) in [4.78, 5) is 32.0. The first-order valence-corrected chi connectivity index (χ1v) is 9.11. The summed E-state index contributed by atoms with van der Waals surface area (Å²) in [6.45, 7) is 1.26. The lowest BCUT2D eigenvalue weighted by Gasteiger charge is -2.13. The molecule has 0 spiro atoms. The van der Waals surface area contributed by atoms with E-state index in [4.69, 9.17) is 26.3 Å². The molecule has 1 heterocycles. The molecule has 2 N–H and O–H groups in total. The largest absolute Gasteiger partial charge is 0.497 e. The number of carboxylic acids is 1. The summed E-state index contributed by atoms with van der Waals surface area (Å²) in [5.74, 6) is -1.53. The molecule has 1 aromatic heterocycles. The van der Waals surface area contributed by atoms with E-state index >= 15 is 0 Å². The van der Waals surface area contributed by atoms with Crippen LogP contribution in [0.2, 0.25) is 5.02 Å². The number of aromatic amines is 1. The molecule has 1 atom stereocenters. The van der Waals surface area contributed by atoms with Gasteiger partial charge < -0.3 is 19.7 Å². The maximum atomic E-state index is 13.3. The first kappa shape index (κ1) is 20.4. The molecule has 0 radical (unpaired) electrons. The Morgan fingerprint density at radius 1 is 1.24 bits per heavy atom. The van der Waals surface area contributed by atoms with E-state index in [9.17, 15) is 9.59 Å². The number of ketones is 1. The summed E-state index contributed by atoms with van der Waals surface area (Å²) in [5, 5.41) is 13.8. The maximum absolute atomic E-state index is 13.3. The third-order valence-electron chi connectivity index (χ3n) is 4.44. The van der Waals surface area contributed by atoms with E-state index in [2.05, 4.69) is 10.1 Å². The minimum absolute atomic E-state index is 0.226. The molecule has 7 nitrogen and oxygen atoms in total. The molecule has 2 aromatic carbocycles. The van der Waals surface area contributed by atoms with Gasteiger partial charge in [0.1, 0.15) is 5.75 Å². The van der Waals surface area contributed by atoms with Crippen molar-refractivity contribution in [1.82, 2.24) is 4.98 Å². The number of carbonyl (C=O) groups is 2. The van der Waals surface area contributed by atoms with E-state index in [1.54, 1.807) is 31.4 Å². The molecule has 0 fully saturated rings. The number of carbonyl (C=O) groups excluding carboxylic acids is 1. The van der Waals surface area contributed by atoms with Gasteiger partial charge >= 0.3 is 5.97 Å². The Bertz CT molecular complexity index is 1070. The van der Waals surface area contributed by atoms with E-state index in [-0.39, 0.29) is 5.78 Å². The van der Waals surface area contributed by atoms with Gasteiger partial charge in [-0.2, -0.15) is 0 Å². The fourth-order valence-electron chi connectivity index (χ4n) is 3.12. The monoisotopic (exact) mass is 414 g/mol. The number of aromatic nitrogens is 1. The second-order valence-electron chi connectivity index (χ2n) is 6.35. The fourth-order valence-corrected chi connectivity index (χ4v) is 3.24. The average molecular weight is 415 g/mol. The number of Topliss-reactive ketones (excluding diaryl/α,β-unsaturated/α-hetero) is 1. The van der Waals surface area contributed by atoms with E-state index in [0.29, 0.717) is 21.9 Å². The number of aliphatic carboxylic acids is 1. The van der Waals surface area contributed by atoms with Crippen molar-refractivity contribution in [3.63, 3.8) is 0 Å². The second kappa shape index (κ2) is 8.79. The number of carboxylic acid groups (broad SMARTS) is 1. The van der Waals surface area contributed by atoms with Crippen LogP contribution >= 0.6 is 11.6 Å². The Morgan fingerprint density at radius 3 is 2.62 bits per heavy atom. The molecule has 150 valence electrons. The molecular formula is C21H19ClN2O5. The van der Waals surface area contributed by atoms with Gasteiger partial charge in [0.2, 0.25) is 6.61 Å².